The van der Waals surface area contributed by atoms with Gasteiger partial charge >= 0.3 is 0 Å². The van der Waals surface area contributed by atoms with Crippen molar-refractivity contribution in [1.82, 2.24) is 9.97 Å². The van der Waals surface area contributed by atoms with Crippen molar-refractivity contribution in [2.75, 3.05) is 12.4 Å². The Labute approximate surface area is 86.0 Å². The SMILES string of the molecule is CCC(CC)c1nc(C)cc(NC)n1. The second-order valence-corrected chi connectivity index (χ2v) is 3.52. The van der Waals surface area contributed by atoms with Crippen molar-refractivity contribution < 1.29 is 0 Å². The molecule has 1 aromatic rings. The van der Waals surface area contributed by atoms with Crippen LogP contribution in [0.15, 0.2) is 6.07 Å². The first kappa shape index (κ1) is 11.0. The summed E-state index contributed by atoms with van der Waals surface area (Å²) in [6.45, 7) is 6.37. The van der Waals surface area contributed by atoms with Gasteiger partial charge in [-0.05, 0) is 19.8 Å². The first-order valence-corrected chi connectivity index (χ1v) is 5.24. The summed E-state index contributed by atoms with van der Waals surface area (Å²) in [7, 11) is 1.89. The van der Waals surface area contributed by atoms with E-state index in [1.165, 1.54) is 0 Å². The maximum Gasteiger partial charge on any atom is 0.134 e. The lowest BCUT2D eigenvalue weighted by Crippen LogP contribution is -2.06. The summed E-state index contributed by atoms with van der Waals surface area (Å²) >= 11 is 0. The molecule has 0 bridgehead atoms. The Balaban J connectivity index is 3.01. The third kappa shape index (κ3) is 2.44. The highest BCUT2D eigenvalue weighted by Gasteiger charge is 2.11. The molecule has 1 rings (SSSR count). The number of nitrogens with zero attached hydrogens (tertiary/aromatic N) is 2. The highest BCUT2D eigenvalue weighted by Crippen LogP contribution is 2.20. The summed E-state index contributed by atoms with van der Waals surface area (Å²) in [6, 6.07) is 1.96. The van der Waals surface area contributed by atoms with Crippen LogP contribution in [0.25, 0.3) is 0 Å². The number of anilines is 1. The molecule has 1 heterocycles. The predicted octanol–water partition coefficient (Wildman–Crippen LogP) is 2.73. The van der Waals surface area contributed by atoms with E-state index in [-0.39, 0.29) is 0 Å². The molecule has 0 unspecified atom stereocenters. The normalized spacial score (nSPS) is 10.6. The van der Waals surface area contributed by atoms with Crippen LogP contribution < -0.4 is 5.32 Å². The lowest BCUT2D eigenvalue weighted by Gasteiger charge is -2.12. The van der Waals surface area contributed by atoms with Crippen LogP contribution in [-0.2, 0) is 0 Å². The maximum absolute atomic E-state index is 4.47. The summed E-state index contributed by atoms with van der Waals surface area (Å²) in [5.74, 6) is 2.38. The molecule has 0 aliphatic rings. The first-order chi connectivity index (χ1) is 6.71. The molecule has 78 valence electrons. The Hall–Kier alpha value is -1.12. The van der Waals surface area contributed by atoms with Crippen LogP contribution in [0.5, 0.6) is 0 Å². The number of aryl methyl sites for hydroxylation is 1. The lowest BCUT2D eigenvalue weighted by molar-refractivity contribution is 0.600. The standard InChI is InChI=1S/C11H19N3/c1-5-9(6-2)11-13-8(3)7-10(12-4)14-11/h7,9H,5-6H2,1-4H3,(H,12,13,14). The molecule has 14 heavy (non-hydrogen) atoms. The van der Waals surface area contributed by atoms with Crippen molar-refractivity contribution >= 4 is 5.82 Å². The van der Waals surface area contributed by atoms with E-state index in [9.17, 15) is 0 Å². The second kappa shape index (κ2) is 4.94. The molecule has 0 atom stereocenters. The summed E-state index contributed by atoms with van der Waals surface area (Å²) in [4.78, 5) is 8.94. The molecular formula is C11H19N3. The minimum absolute atomic E-state index is 0.488. The summed E-state index contributed by atoms with van der Waals surface area (Å²) in [5.41, 5.74) is 1.03. The molecule has 1 N–H and O–H groups in total. The minimum atomic E-state index is 0.488. The molecule has 0 spiro atoms. The number of hydrogen-bond acceptors (Lipinski definition) is 3. The summed E-state index contributed by atoms with van der Waals surface area (Å²) < 4.78 is 0. The van der Waals surface area contributed by atoms with E-state index >= 15 is 0 Å². The maximum atomic E-state index is 4.47. The lowest BCUT2D eigenvalue weighted by atomic mass is 10.0. The predicted molar refractivity (Wildman–Crippen MR) is 59.6 cm³/mol. The molecular weight excluding hydrogens is 174 g/mol. The minimum Gasteiger partial charge on any atom is -0.373 e. The van der Waals surface area contributed by atoms with Crippen molar-refractivity contribution in [2.45, 2.75) is 39.5 Å². The van der Waals surface area contributed by atoms with Crippen LogP contribution in [0.2, 0.25) is 0 Å². The Morgan fingerprint density at radius 1 is 1.29 bits per heavy atom. The van der Waals surface area contributed by atoms with Gasteiger partial charge in [-0.2, -0.15) is 0 Å². The van der Waals surface area contributed by atoms with Gasteiger partial charge in [0.15, 0.2) is 0 Å². The molecule has 0 amide bonds. The van der Waals surface area contributed by atoms with Crippen LogP contribution in [0.3, 0.4) is 0 Å². The smallest absolute Gasteiger partial charge is 0.134 e. The average Bonchev–Trinajstić information content (AvgIpc) is 2.19. The fourth-order valence-electron chi connectivity index (χ4n) is 1.56. The number of aromatic nitrogens is 2. The van der Waals surface area contributed by atoms with Gasteiger partial charge < -0.3 is 5.32 Å². The topological polar surface area (TPSA) is 37.8 Å². The third-order valence-electron chi connectivity index (χ3n) is 2.48. The van der Waals surface area contributed by atoms with Gasteiger partial charge in [0.05, 0.1) is 0 Å². The quantitative estimate of drug-likeness (QED) is 0.799. The Bertz CT molecular complexity index is 293. The molecule has 3 nitrogen and oxygen atoms in total. The fourth-order valence-corrected chi connectivity index (χ4v) is 1.56. The van der Waals surface area contributed by atoms with Crippen molar-refractivity contribution in [2.24, 2.45) is 0 Å². The monoisotopic (exact) mass is 193 g/mol. The van der Waals surface area contributed by atoms with Crippen molar-refractivity contribution in [3.8, 4) is 0 Å². The van der Waals surface area contributed by atoms with E-state index in [1.807, 2.05) is 20.0 Å². The highest BCUT2D eigenvalue weighted by molar-refractivity contribution is 5.35. The molecule has 1 aromatic heterocycles. The Kier molecular flexibility index (Phi) is 3.86. The molecule has 0 saturated carbocycles. The molecule has 0 aliphatic carbocycles. The molecule has 0 aromatic carbocycles. The van der Waals surface area contributed by atoms with E-state index in [4.69, 9.17) is 0 Å². The zero-order valence-electron chi connectivity index (χ0n) is 9.46. The van der Waals surface area contributed by atoms with Gasteiger partial charge in [-0.15, -0.1) is 0 Å². The van der Waals surface area contributed by atoms with Crippen LogP contribution in [-0.4, -0.2) is 17.0 Å². The zero-order chi connectivity index (χ0) is 10.6. The molecule has 0 aliphatic heterocycles. The Morgan fingerprint density at radius 2 is 1.93 bits per heavy atom. The average molecular weight is 193 g/mol. The molecule has 0 radical (unpaired) electrons. The van der Waals surface area contributed by atoms with Gasteiger partial charge in [0.1, 0.15) is 11.6 Å². The summed E-state index contributed by atoms with van der Waals surface area (Å²) in [6.07, 6.45) is 2.20. The van der Waals surface area contributed by atoms with E-state index < -0.39 is 0 Å². The van der Waals surface area contributed by atoms with E-state index in [1.54, 1.807) is 0 Å². The van der Waals surface area contributed by atoms with Crippen LogP contribution in [0.1, 0.15) is 44.1 Å². The second-order valence-electron chi connectivity index (χ2n) is 3.52. The fraction of sp³-hybridized carbons (Fsp3) is 0.636. The van der Waals surface area contributed by atoms with Crippen LogP contribution in [0.4, 0.5) is 5.82 Å². The van der Waals surface area contributed by atoms with E-state index in [2.05, 4.69) is 29.1 Å². The van der Waals surface area contributed by atoms with Gasteiger partial charge in [-0.25, -0.2) is 9.97 Å². The number of rotatable bonds is 4. The van der Waals surface area contributed by atoms with Gasteiger partial charge in [-0.3, -0.25) is 0 Å². The zero-order valence-corrected chi connectivity index (χ0v) is 9.46. The Morgan fingerprint density at radius 3 is 2.43 bits per heavy atom. The van der Waals surface area contributed by atoms with Crippen molar-refractivity contribution in [3.63, 3.8) is 0 Å². The number of hydrogen-bond donors (Lipinski definition) is 1. The number of nitrogens with one attached hydrogen (secondary N) is 1. The molecule has 0 fully saturated rings. The van der Waals surface area contributed by atoms with Gasteiger partial charge in [0.25, 0.3) is 0 Å². The van der Waals surface area contributed by atoms with Gasteiger partial charge in [0, 0.05) is 24.7 Å². The first-order valence-electron chi connectivity index (χ1n) is 5.24. The van der Waals surface area contributed by atoms with Crippen molar-refractivity contribution in [1.29, 1.82) is 0 Å². The van der Waals surface area contributed by atoms with Gasteiger partial charge in [-0.1, -0.05) is 13.8 Å². The van der Waals surface area contributed by atoms with Crippen LogP contribution in [0, 0.1) is 6.92 Å². The molecule has 0 saturated heterocycles. The van der Waals surface area contributed by atoms with Crippen LogP contribution >= 0.6 is 0 Å². The van der Waals surface area contributed by atoms with Crippen molar-refractivity contribution in [3.05, 3.63) is 17.6 Å². The van der Waals surface area contributed by atoms with E-state index in [0.717, 1.165) is 30.2 Å². The third-order valence-corrected chi connectivity index (χ3v) is 2.48. The van der Waals surface area contributed by atoms with Gasteiger partial charge in [0.2, 0.25) is 0 Å². The summed E-state index contributed by atoms with van der Waals surface area (Å²) in [5, 5.41) is 3.06. The van der Waals surface area contributed by atoms with E-state index in [0.29, 0.717) is 5.92 Å². The highest BCUT2D eigenvalue weighted by atomic mass is 15.0. The largest absolute Gasteiger partial charge is 0.373 e. The molecule has 3 heteroatoms.